The molecule has 2 aromatic rings. The van der Waals surface area contributed by atoms with Crippen LogP contribution >= 0.6 is 22.9 Å². The minimum atomic E-state index is -0.677. The number of nitrogens with zero attached hydrogens (tertiary/aromatic N) is 1. The van der Waals surface area contributed by atoms with Crippen molar-refractivity contribution in [3.8, 4) is 6.07 Å². The highest BCUT2D eigenvalue weighted by Gasteiger charge is 2.25. The first-order valence-corrected chi connectivity index (χ1v) is 8.50. The second kappa shape index (κ2) is 6.31. The first-order chi connectivity index (χ1) is 11.0. The van der Waals surface area contributed by atoms with Gasteiger partial charge < -0.3 is 5.32 Å². The number of nitriles is 1. The van der Waals surface area contributed by atoms with Crippen molar-refractivity contribution in [2.24, 2.45) is 5.92 Å². The zero-order valence-corrected chi connectivity index (χ0v) is 14.0. The lowest BCUT2D eigenvalue weighted by atomic mass is 9.88. The van der Waals surface area contributed by atoms with Crippen molar-refractivity contribution >= 4 is 33.8 Å². The normalized spacial score (nSPS) is 16.5. The Balaban J connectivity index is 1.95. The molecule has 3 rings (SSSR count). The number of hydrogen-bond donors (Lipinski definition) is 1. The van der Waals surface area contributed by atoms with Gasteiger partial charge in [-0.05, 0) is 42.9 Å². The molecule has 1 atom stereocenters. The van der Waals surface area contributed by atoms with Gasteiger partial charge in [0.15, 0.2) is 0 Å². The lowest BCUT2D eigenvalue weighted by Crippen LogP contribution is -2.14. The molecule has 0 radical (unpaired) electrons. The van der Waals surface area contributed by atoms with Gasteiger partial charge in [-0.3, -0.25) is 4.79 Å². The van der Waals surface area contributed by atoms with Gasteiger partial charge in [-0.25, -0.2) is 4.39 Å². The number of anilines is 1. The predicted octanol–water partition coefficient (Wildman–Crippen LogP) is 4.79. The van der Waals surface area contributed by atoms with Gasteiger partial charge in [-0.15, -0.1) is 11.3 Å². The summed E-state index contributed by atoms with van der Waals surface area (Å²) in [6.07, 6.45) is 2.78. The number of fused-ring (bicyclic) bond motifs is 1. The van der Waals surface area contributed by atoms with Gasteiger partial charge in [0.25, 0.3) is 5.91 Å². The highest BCUT2D eigenvalue weighted by Crippen LogP contribution is 2.39. The van der Waals surface area contributed by atoms with Crippen LogP contribution in [-0.2, 0) is 12.8 Å². The molecule has 1 aliphatic carbocycles. The Labute approximate surface area is 142 Å². The van der Waals surface area contributed by atoms with E-state index in [1.165, 1.54) is 29.5 Å². The minimum absolute atomic E-state index is 0.0518. The fourth-order valence-electron chi connectivity index (χ4n) is 2.84. The Hall–Kier alpha value is -1.90. The number of nitrogens with one attached hydrogen (secondary N) is 1. The molecule has 1 N–H and O–H groups in total. The molecule has 1 aromatic carbocycles. The fourth-order valence-corrected chi connectivity index (χ4v) is 4.44. The molecule has 6 heteroatoms. The SMILES string of the molecule is C[C@@H]1CCc2c(sc(NC(=O)c3c(F)cccc3Cl)c2C#N)C1. The van der Waals surface area contributed by atoms with E-state index in [1.54, 1.807) is 0 Å². The largest absolute Gasteiger partial charge is 0.312 e. The van der Waals surface area contributed by atoms with Crippen molar-refractivity contribution in [2.45, 2.75) is 26.2 Å². The molecular formula is C17H14ClFN2OS. The summed E-state index contributed by atoms with van der Waals surface area (Å²) in [5.74, 6) is -0.739. The first kappa shape index (κ1) is 16.0. The van der Waals surface area contributed by atoms with Crippen LogP contribution in [0.3, 0.4) is 0 Å². The van der Waals surface area contributed by atoms with Crippen LogP contribution < -0.4 is 5.32 Å². The molecule has 1 amide bonds. The van der Waals surface area contributed by atoms with Crippen LogP contribution in [0, 0.1) is 23.1 Å². The monoisotopic (exact) mass is 348 g/mol. The quantitative estimate of drug-likeness (QED) is 0.848. The summed E-state index contributed by atoms with van der Waals surface area (Å²) >= 11 is 7.33. The molecule has 0 aliphatic heterocycles. The Morgan fingerprint density at radius 2 is 2.30 bits per heavy atom. The van der Waals surface area contributed by atoms with Gasteiger partial charge in [-0.2, -0.15) is 5.26 Å². The van der Waals surface area contributed by atoms with Gasteiger partial charge in [0, 0.05) is 4.88 Å². The summed E-state index contributed by atoms with van der Waals surface area (Å²) in [5, 5.41) is 12.6. The molecule has 0 bridgehead atoms. The first-order valence-electron chi connectivity index (χ1n) is 7.31. The molecule has 23 heavy (non-hydrogen) atoms. The van der Waals surface area contributed by atoms with Crippen LogP contribution in [0.4, 0.5) is 9.39 Å². The number of hydrogen-bond acceptors (Lipinski definition) is 3. The Morgan fingerprint density at radius 1 is 1.52 bits per heavy atom. The summed E-state index contributed by atoms with van der Waals surface area (Å²) < 4.78 is 13.9. The van der Waals surface area contributed by atoms with Crippen LogP contribution in [0.5, 0.6) is 0 Å². The van der Waals surface area contributed by atoms with E-state index in [4.69, 9.17) is 11.6 Å². The van der Waals surface area contributed by atoms with E-state index in [2.05, 4.69) is 18.3 Å². The molecule has 0 unspecified atom stereocenters. The number of thiophene rings is 1. The molecule has 118 valence electrons. The topological polar surface area (TPSA) is 52.9 Å². The van der Waals surface area contributed by atoms with E-state index in [-0.39, 0.29) is 10.6 Å². The van der Waals surface area contributed by atoms with E-state index >= 15 is 0 Å². The number of halogens is 2. The maximum atomic E-state index is 13.9. The van der Waals surface area contributed by atoms with Gasteiger partial charge in [0.2, 0.25) is 0 Å². The molecule has 3 nitrogen and oxygen atoms in total. The van der Waals surface area contributed by atoms with Crippen molar-refractivity contribution in [3.63, 3.8) is 0 Å². The molecule has 1 heterocycles. The average Bonchev–Trinajstić information content (AvgIpc) is 2.82. The third-order valence-electron chi connectivity index (χ3n) is 4.04. The van der Waals surface area contributed by atoms with Gasteiger partial charge >= 0.3 is 0 Å². The van der Waals surface area contributed by atoms with Gasteiger partial charge in [-0.1, -0.05) is 24.6 Å². The lowest BCUT2D eigenvalue weighted by Gasteiger charge is -2.17. The second-order valence-electron chi connectivity index (χ2n) is 5.72. The number of benzene rings is 1. The second-order valence-corrected chi connectivity index (χ2v) is 7.23. The molecule has 0 fully saturated rings. The standard InChI is InChI=1S/C17H14ClFN2OS/c1-9-5-6-10-11(8-20)17(23-14(10)7-9)21-16(22)15-12(18)3-2-4-13(15)19/h2-4,9H,5-7H2,1H3,(H,21,22)/t9-/m1/s1. The third kappa shape index (κ3) is 2.97. The summed E-state index contributed by atoms with van der Waals surface area (Å²) in [6, 6.07) is 6.27. The van der Waals surface area contributed by atoms with Crippen molar-refractivity contribution in [1.82, 2.24) is 0 Å². The van der Waals surface area contributed by atoms with E-state index in [0.29, 0.717) is 16.5 Å². The van der Waals surface area contributed by atoms with E-state index in [0.717, 1.165) is 29.7 Å². The van der Waals surface area contributed by atoms with Crippen molar-refractivity contribution in [3.05, 3.63) is 50.6 Å². The molecule has 0 saturated carbocycles. The third-order valence-corrected chi connectivity index (χ3v) is 5.53. The molecule has 0 spiro atoms. The molecule has 1 aromatic heterocycles. The average molecular weight is 349 g/mol. The van der Waals surface area contributed by atoms with Crippen LogP contribution in [0.25, 0.3) is 0 Å². The zero-order chi connectivity index (χ0) is 16.6. The van der Waals surface area contributed by atoms with Gasteiger partial charge in [0.05, 0.1) is 16.1 Å². The maximum Gasteiger partial charge on any atom is 0.260 e. The van der Waals surface area contributed by atoms with E-state index in [9.17, 15) is 14.4 Å². The van der Waals surface area contributed by atoms with Crippen LogP contribution in [0.2, 0.25) is 5.02 Å². The Bertz CT molecular complexity index is 804. The molecular weight excluding hydrogens is 335 g/mol. The number of rotatable bonds is 2. The number of carbonyl (C=O) groups excluding carboxylic acids is 1. The highest BCUT2D eigenvalue weighted by molar-refractivity contribution is 7.16. The lowest BCUT2D eigenvalue weighted by molar-refractivity contribution is 0.102. The Kier molecular flexibility index (Phi) is 4.38. The van der Waals surface area contributed by atoms with Crippen LogP contribution in [0.15, 0.2) is 18.2 Å². The minimum Gasteiger partial charge on any atom is -0.312 e. The predicted molar refractivity (Wildman–Crippen MR) is 89.6 cm³/mol. The van der Waals surface area contributed by atoms with Gasteiger partial charge in [0.1, 0.15) is 16.9 Å². The Morgan fingerprint density at radius 3 is 3.00 bits per heavy atom. The maximum absolute atomic E-state index is 13.9. The highest BCUT2D eigenvalue weighted by atomic mass is 35.5. The smallest absolute Gasteiger partial charge is 0.260 e. The van der Waals surface area contributed by atoms with E-state index < -0.39 is 11.7 Å². The fraction of sp³-hybridized carbons (Fsp3) is 0.294. The van der Waals surface area contributed by atoms with Crippen molar-refractivity contribution in [1.29, 1.82) is 5.26 Å². The summed E-state index contributed by atoms with van der Waals surface area (Å²) in [5.41, 5.74) is 1.32. The summed E-state index contributed by atoms with van der Waals surface area (Å²) in [7, 11) is 0. The zero-order valence-electron chi connectivity index (χ0n) is 12.5. The van der Waals surface area contributed by atoms with Crippen molar-refractivity contribution in [2.75, 3.05) is 5.32 Å². The van der Waals surface area contributed by atoms with Crippen LogP contribution in [-0.4, -0.2) is 5.91 Å². The summed E-state index contributed by atoms with van der Waals surface area (Å²) in [6.45, 7) is 2.17. The molecule has 0 saturated heterocycles. The van der Waals surface area contributed by atoms with Crippen molar-refractivity contribution < 1.29 is 9.18 Å². The number of carbonyl (C=O) groups is 1. The van der Waals surface area contributed by atoms with Crippen LogP contribution in [0.1, 0.15) is 39.7 Å². The summed E-state index contributed by atoms with van der Waals surface area (Å²) in [4.78, 5) is 13.5. The number of amides is 1. The molecule has 1 aliphatic rings. The van der Waals surface area contributed by atoms with E-state index in [1.807, 2.05) is 0 Å².